The fourth-order valence-electron chi connectivity index (χ4n) is 2.66. The number of hydrogen-bond acceptors (Lipinski definition) is 1. The molecule has 1 aliphatic carbocycles. The van der Waals surface area contributed by atoms with Crippen LogP contribution in [0.1, 0.15) is 60.3 Å². The van der Waals surface area contributed by atoms with Crippen molar-refractivity contribution in [2.45, 2.75) is 72.0 Å². The second-order valence-corrected chi connectivity index (χ2v) is 5.73. The van der Waals surface area contributed by atoms with E-state index in [-0.39, 0.29) is 5.60 Å². The van der Waals surface area contributed by atoms with Gasteiger partial charge in [-0.2, -0.15) is 0 Å². The minimum absolute atomic E-state index is 0.0777. The van der Waals surface area contributed by atoms with Gasteiger partial charge in [0.2, 0.25) is 0 Å². The van der Waals surface area contributed by atoms with Crippen LogP contribution in [-0.2, 0) is 4.74 Å². The van der Waals surface area contributed by atoms with Gasteiger partial charge < -0.3 is 4.74 Å². The molecule has 1 rings (SSSR count). The third-order valence-electron chi connectivity index (χ3n) is 3.54. The number of hydrogen-bond donors (Lipinski definition) is 0. The molecule has 0 unspecified atom stereocenters. The van der Waals surface area contributed by atoms with Crippen molar-refractivity contribution in [3.8, 4) is 0 Å². The van der Waals surface area contributed by atoms with Gasteiger partial charge in [0, 0.05) is 0 Å². The Morgan fingerprint density at radius 2 is 1.57 bits per heavy atom. The van der Waals surface area contributed by atoms with Crippen LogP contribution in [0, 0.1) is 11.8 Å². The Labute approximate surface area is 89.2 Å². The quantitative estimate of drug-likeness (QED) is 0.665. The largest absolute Gasteiger partial charge is 0.373 e. The highest BCUT2D eigenvalue weighted by molar-refractivity contribution is 4.84. The zero-order valence-electron chi connectivity index (χ0n) is 10.5. The average Bonchev–Trinajstić information content (AvgIpc) is 2.02. The second kappa shape index (κ2) is 4.65. The lowest BCUT2D eigenvalue weighted by atomic mass is 9.75. The van der Waals surface area contributed by atoms with Crippen molar-refractivity contribution in [2.75, 3.05) is 0 Å². The van der Waals surface area contributed by atoms with Gasteiger partial charge in [-0.05, 0) is 52.4 Å². The van der Waals surface area contributed by atoms with E-state index in [1.165, 1.54) is 25.7 Å². The summed E-state index contributed by atoms with van der Waals surface area (Å²) in [5.74, 6) is 1.70. The predicted octanol–water partition coefficient (Wildman–Crippen LogP) is 4.02. The highest BCUT2D eigenvalue weighted by atomic mass is 16.5. The van der Waals surface area contributed by atoms with Crippen LogP contribution in [0.4, 0.5) is 0 Å². The normalized spacial score (nSPS) is 29.6. The Kier molecular flexibility index (Phi) is 4.00. The topological polar surface area (TPSA) is 9.23 Å². The molecule has 0 aromatic carbocycles. The maximum absolute atomic E-state index is 6.01. The molecular weight excluding hydrogens is 172 g/mol. The van der Waals surface area contributed by atoms with Crippen molar-refractivity contribution in [1.82, 2.24) is 0 Å². The smallest absolute Gasteiger partial charge is 0.0658 e. The van der Waals surface area contributed by atoms with Crippen molar-refractivity contribution >= 4 is 0 Å². The molecule has 1 heteroatoms. The van der Waals surface area contributed by atoms with Crippen LogP contribution in [0.5, 0.6) is 0 Å². The molecule has 84 valence electrons. The maximum Gasteiger partial charge on any atom is 0.0658 e. The molecule has 0 aromatic rings. The van der Waals surface area contributed by atoms with E-state index in [9.17, 15) is 0 Å². The van der Waals surface area contributed by atoms with E-state index < -0.39 is 0 Å². The van der Waals surface area contributed by atoms with Gasteiger partial charge in [0.05, 0.1) is 11.7 Å². The number of ether oxygens (including phenoxy) is 1. The van der Waals surface area contributed by atoms with Crippen molar-refractivity contribution in [3.63, 3.8) is 0 Å². The van der Waals surface area contributed by atoms with Gasteiger partial charge in [-0.1, -0.05) is 19.8 Å². The molecule has 1 nitrogen and oxygen atoms in total. The van der Waals surface area contributed by atoms with Crippen molar-refractivity contribution in [2.24, 2.45) is 11.8 Å². The lowest BCUT2D eigenvalue weighted by Crippen LogP contribution is -2.38. The molecule has 1 aliphatic rings. The molecule has 0 spiro atoms. The molecule has 0 heterocycles. The van der Waals surface area contributed by atoms with Gasteiger partial charge in [0.15, 0.2) is 0 Å². The van der Waals surface area contributed by atoms with Crippen LogP contribution in [-0.4, -0.2) is 11.7 Å². The van der Waals surface area contributed by atoms with Gasteiger partial charge in [-0.25, -0.2) is 0 Å². The zero-order valence-corrected chi connectivity index (χ0v) is 10.5. The average molecular weight is 198 g/mol. The highest BCUT2D eigenvalue weighted by Crippen LogP contribution is 2.37. The van der Waals surface area contributed by atoms with Crippen LogP contribution in [0.25, 0.3) is 0 Å². The Hall–Kier alpha value is -0.0400. The fourth-order valence-corrected chi connectivity index (χ4v) is 2.66. The summed E-state index contributed by atoms with van der Waals surface area (Å²) in [7, 11) is 0. The first-order valence-corrected chi connectivity index (χ1v) is 6.09. The first-order valence-electron chi connectivity index (χ1n) is 6.09. The minimum atomic E-state index is 0.0777. The predicted molar refractivity (Wildman–Crippen MR) is 61.4 cm³/mol. The van der Waals surface area contributed by atoms with Gasteiger partial charge in [-0.3, -0.25) is 0 Å². The van der Waals surface area contributed by atoms with Gasteiger partial charge in [0.25, 0.3) is 0 Å². The van der Waals surface area contributed by atoms with Crippen molar-refractivity contribution in [1.29, 1.82) is 0 Å². The second-order valence-electron chi connectivity index (χ2n) is 5.73. The molecule has 0 amide bonds. The Balaban J connectivity index is 2.46. The Morgan fingerprint density at radius 3 is 2.00 bits per heavy atom. The summed E-state index contributed by atoms with van der Waals surface area (Å²) < 4.78 is 6.01. The molecule has 0 atom stereocenters. The third kappa shape index (κ3) is 3.27. The summed E-state index contributed by atoms with van der Waals surface area (Å²) in [6.45, 7) is 11.1. The van der Waals surface area contributed by atoms with E-state index in [4.69, 9.17) is 4.74 Å². The molecule has 0 saturated heterocycles. The van der Waals surface area contributed by atoms with Gasteiger partial charge in [0.1, 0.15) is 0 Å². The van der Waals surface area contributed by atoms with Crippen LogP contribution >= 0.6 is 0 Å². The third-order valence-corrected chi connectivity index (χ3v) is 3.54. The molecule has 0 N–H and O–H groups in total. The van der Waals surface area contributed by atoms with Crippen molar-refractivity contribution in [3.05, 3.63) is 0 Å². The molecule has 1 fully saturated rings. The fraction of sp³-hybridized carbons (Fsp3) is 1.00. The van der Waals surface area contributed by atoms with Crippen LogP contribution in [0.2, 0.25) is 0 Å². The summed E-state index contributed by atoms with van der Waals surface area (Å²) in [5.41, 5.74) is 0.0777. The van der Waals surface area contributed by atoms with Gasteiger partial charge in [-0.15, -0.1) is 0 Å². The number of rotatable bonds is 3. The summed E-state index contributed by atoms with van der Waals surface area (Å²) in [6, 6.07) is 0. The van der Waals surface area contributed by atoms with E-state index >= 15 is 0 Å². The molecule has 14 heavy (non-hydrogen) atoms. The SMILES string of the molecule is CC1CCC(C(C)(C)OC(C)C)CC1. The van der Waals surface area contributed by atoms with Crippen LogP contribution < -0.4 is 0 Å². The van der Waals surface area contributed by atoms with Gasteiger partial charge >= 0.3 is 0 Å². The summed E-state index contributed by atoms with van der Waals surface area (Å²) in [6.07, 6.45) is 5.82. The summed E-state index contributed by atoms with van der Waals surface area (Å²) >= 11 is 0. The first-order chi connectivity index (χ1) is 6.42. The Morgan fingerprint density at radius 1 is 1.07 bits per heavy atom. The molecule has 0 aliphatic heterocycles. The maximum atomic E-state index is 6.01. The van der Waals surface area contributed by atoms with E-state index in [2.05, 4.69) is 34.6 Å². The molecule has 0 radical (unpaired) electrons. The van der Waals surface area contributed by atoms with Crippen LogP contribution in [0.15, 0.2) is 0 Å². The molecule has 1 saturated carbocycles. The Bertz CT molecular complexity index is 164. The first kappa shape index (κ1) is 12.0. The minimum Gasteiger partial charge on any atom is -0.373 e. The summed E-state index contributed by atoms with van der Waals surface area (Å²) in [4.78, 5) is 0. The zero-order chi connectivity index (χ0) is 10.8. The van der Waals surface area contributed by atoms with E-state index in [0.29, 0.717) is 6.10 Å². The van der Waals surface area contributed by atoms with Crippen molar-refractivity contribution < 1.29 is 4.74 Å². The lowest BCUT2D eigenvalue weighted by Gasteiger charge is -2.39. The molecule has 0 aromatic heterocycles. The summed E-state index contributed by atoms with van der Waals surface area (Å²) in [5, 5.41) is 0. The van der Waals surface area contributed by atoms with E-state index in [0.717, 1.165) is 11.8 Å². The standard InChI is InChI=1S/C13H26O/c1-10(2)14-13(4,5)12-8-6-11(3)7-9-12/h10-12H,6-9H2,1-5H3. The highest BCUT2D eigenvalue weighted by Gasteiger charge is 2.33. The molecular formula is C13H26O. The molecule has 0 bridgehead atoms. The lowest BCUT2D eigenvalue weighted by molar-refractivity contribution is -0.102. The van der Waals surface area contributed by atoms with E-state index in [1.807, 2.05) is 0 Å². The van der Waals surface area contributed by atoms with Crippen LogP contribution in [0.3, 0.4) is 0 Å². The van der Waals surface area contributed by atoms with E-state index in [1.54, 1.807) is 0 Å². The monoisotopic (exact) mass is 198 g/mol.